The first-order valence-electron chi connectivity index (χ1n) is 5.01. The van der Waals surface area contributed by atoms with Gasteiger partial charge in [-0.15, -0.1) is 13.2 Å². The van der Waals surface area contributed by atoms with Gasteiger partial charge in [-0.05, 0) is 11.6 Å². The van der Waals surface area contributed by atoms with E-state index in [1.807, 2.05) is 0 Å². The number of nitrogens with zero attached hydrogens (tertiary/aromatic N) is 2. The summed E-state index contributed by atoms with van der Waals surface area (Å²) in [5.74, 6) is -1.29. The molecule has 0 spiro atoms. The van der Waals surface area contributed by atoms with Gasteiger partial charge in [-0.2, -0.15) is 18.4 Å². The molecule has 0 saturated heterocycles. The van der Waals surface area contributed by atoms with Crippen LogP contribution in [0.4, 0.5) is 26.3 Å². The molecule has 0 fully saturated rings. The first-order chi connectivity index (χ1) is 9.08. The SMILES string of the molecule is N#CCc1cc(C(F)(F)F)nc(OC(F)(F)F)c1CN. The number of hydrogen-bond acceptors (Lipinski definition) is 4. The lowest BCUT2D eigenvalue weighted by Gasteiger charge is -2.16. The van der Waals surface area contributed by atoms with Crippen molar-refractivity contribution in [3.63, 3.8) is 0 Å². The molecule has 20 heavy (non-hydrogen) atoms. The maximum atomic E-state index is 12.5. The van der Waals surface area contributed by atoms with Gasteiger partial charge in [0, 0.05) is 12.1 Å². The molecule has 0 aliphatic carbocycles. The van der Waals surface area contributed by atoms with Gasteiger partial charge in [0.15, 0.2) is 0 Å². The molecule has 1 heterocycles. The molecule has 0 aromatic carbocycles. The van der Waals surface area contributed by atoms with Gasteiger partial charge in [0.05, 0.1) is 12.5 Å². The average Bonchev–Trinajstić information content (AvgIpc) is 2.25. The van der Waals surface area contributed by atoms with Gasteiger partial charge in [0.1, 0.15) is 5.69 Å². The van der Waals surface area contributed by atoms with E-state index in [-0.39, 0.29) is 5.56 Å². The lowest BCUT2D eigenvalue weighted by Crippen LogP contribution is -2.22. The summed E-state index contributed by atoms with van der Waals surface area (Å²) in [5, 5.41) is 8.50. The molecule has 0 saturated carbocycles. The Morgan fingerprint density at radius 2 is 1.85 bits per heavy atom. The zero-order valence-electron chi connectivity index (χ0n) is 9.64. The van der Waals surface area contributed by atoms with Crippen LogP contribution in [0.15, 0.2) is 6.07 Å². The molecular formula is C10H7F6N3O. The summed E-state index contributed by atoms with van der Waals surface area (Å²) in [6.07, 6.45) is -10.7. The molecule has 0 radical (unpaired) electrons. The molecule has 0 aliphatic rings. The minimum Gasteiger partial charge on any atom is -0.388 e. The summed E-state index contributed by atoms with van der Waals surface area (Å²) >= 11 is 0. The Bertz CT molecular complexity index is 532. The number of alkyl halides is 6. The number of nitriles is 1. The minimum atomic E-state index is -5.22. The van der Waals surface area contributed by atoms with E-state index in [2.05, 4.69) is 9.72 Å². The van der Waals surface area contributed by atoms with E-state index >= 15 is 0 Å². The molecule has 0 aliphatic heterocycles. The van der Waals surface area contributed by atoms with Crippen LogP contribution in [-0.4, -0.2) is 11.3 Å². The number of aromatic nitrogens is 1. The van der Waals surface area contributed by atoms with E-state index in [4.69, 9.17) is 11.0 Å². The van der Waals surface area contributed by atoms with E-state index in [1.54, 1.807) is 0 Å². The van der Waals surface area contributed by atoms with Crippen LogP contribution >= 0.6 is 0 Å². The third-order valence-corrected chi connectivity index (χ3v) is 2.16. The smallest absolute Gasteiger partial charge is 0.388 e. The largest absolute Gasteiger partial charge is 0.574 e. The number of rotatable bonds is 3. The maximum absolute atomic E-state index is 12.5. The van der Waals surface area contributed by atoms with Gasteiger partial charge in [0.2, 0.25) is 5.88 Å². The summed E-state index contributed by atoms with van der Waals surface area (Å²) in [7, 11) is 0. The fourth-order valence-corrected chi connectivity index (χ4v) is 1.40. The highest BCUT2D eigenvalue weighted by Gasteiger charge is 2.37. The van der Waals surface area contributed by atoms with Crippen molar-refractivity contribution >= 4 is 0 Å². The van der Waals surface area contributed by atoms with Crippen LogP contribution in [0.25, 0.3) is 0 Å². The molecule has 4 nitrogen and oxygen atoms in total. The molecule has 2 N–H and O–H groups in total. The van der Waals surface area contributed by atoms with Crippen LogP contribution in [-0.2, 0) is 19.1 Å². The van der Waals surface area contributed by atoms with Crippen LogP contribution in [0, 0.1) is 11.3 Å². The molecule has 110 valence electrons. The van der Waals surface area contributed by atoms with Gasteiger partial charge >= 0.3 is 12.5 Å². The Labute approximate surface area is 108 Å². The maximum Gasteiger partial charge on any atom is 0.574 e. The Hall–Kier alpha value is -2.02. The molecule has 0 atom stereocenters. The van der Waals surface area contributed by atoms with E-state index in [1.165, 1.54) is 6.07 Å². The predicted octanol–water partition coefficient (Wildman–Crippen LogP) is 2.52. The van der Waals surface area contributed by atoms with Crippen molar-refractivity contribution in [2.24, 2.45) is 5.73 Å². The highest BCUT2D eigenvalue weighted by molar-refractivity contribution is 5.39. The summed E-state index contributed by atoms with van der Waals surface area (Å²) < 4.78 is 77.5. The van der Waals surface area contributed by atoms with Gasteiger partial charge in [0.25, 0.3) is 0 Å². The zero-order valence-corrected chi connectivity index (χ0v) is 9.64. The second-order valence-electron chi connectivity index (χ2n) is 3.53. The van der Waals surface area contributed by atoms with Crippen molar-refractivity contribution in [1.82, 2.24) is 4.98 Å². The Morgan fingerprint density at radius 3 is 2.25 bits per heavy atom. The quantitative estimate of drug-likeness (QED) is 0.870. The highest BCUT2D eigenvalue weighted by atomic mass is 19.4. The second kappa shape index (κ2) is 5.54. The van der Waals surface area contributed by atoms with Crippen molar-refractivity contribution in [3.05, 3.63) is 22.9 Å². The number of pyridine rings is 1. The summed E-state index contributed by atoms with van der Waals surface area (Å²) in [6, 6.07) is 2.02. The summed E-state index contributed by atoms with van der Waals surface area (Å²) in [4.78, 5) is 2.79. The molecule has 0 amide bonds. The average molecular weight is 299 g/mol. The molecule has 10 heteroatoms. The molecule has 1 aromatic rings. The summed E-state index contributed by atoms with van der Waals surface area (Å²) in [6.45, 7) is -0.548. The third kappa shape index (κ3) is 3.99. The zero-order chi connectivity index (χ0) is 15.6. The molecule has 0 unspecified atom stereocenters. The lowest BCUT2D eigenvalue weighted by atomic mass is 10.1. The van der Waals surface area contributed by atoms with E-state index in [9.17, 15) is 26.3 Å². The van der Waals surface area contributed by atoms with E-state index in [0.717, 1.165) is 0 Å². The van der Waals surface area contributed by atoms with E-state index < -0.39 is 42.6 Å². The van der Waals surface area contributed by atoms with Crippen LogP contribution in [0.1, 0.15) is 16.8 Å². The standard InChI is InChI=1S/C10H7F6N3O/c11-9(12,13)7-3-5(1-2-17)6(4-18)8(19-7)20-10(14,15)16/h3H,1,4,18H2. The van der Waals surface area contributed by atoms with Crippen molar-refractivity contribution in [2.75, 3.05) is 0 Å². The number of nitrogens with two attached hydrogens (primary N) is 1. The minimum absolute atomic E-state index is 0.309. The Kier molecular flexibility index (Phi) is 4.44. The van der Waals surface area contributed by atoms with Crippen molar-refractivity contribution in [1.29, 1.82) is 5.26 Å². The summed E-state index contributed by atoms with van der Waals surface area (Å²) in [5.41, 5.74) is 2.90. The Balaban J connectivity index is 3.46. The molecule has 0 bridgehead atoms. The van der Waals surface area contributed by atoms with Crippen LogP contribution in [0.3, 0.4) is 0 Å². The van der Waals surface area contributed by atoms with Crippen molar-refractivity contribution in [3.8, 4) is 11.9 Å². The topological polar surface area (TPSA) is 71.9 Å². The predicted molar refractivity (Wildman–Crippen MR) is 53.1 cm³/mol. The second-order valence-corrected chi connectivity index (χ2v) is 3.53. The fourth-order valence-electron chi connectivity index (χ4n) is 1.40. The monoisotopic (exact) mass is 299 g/mol. The first kappa shape index (κ1) is 16.0. The molecule has 1 rings (SSSR count). The van der Waals surface area contributed by atoms with Gasteiger partial charge in [-0.3, -0.25) is 0 Å². The number of hydrogen-bond donors (Lipinski definition) is 1. The molecular weight excluding hydrogens is 292 g/mol. The van der Waals surface area contributed by atoms with Crippen molar-refractivity contribution < 1.29 is 31.1 Å². The van der Waals surface area contributed by atoms with Crippen LogP contribution in [0.2, 0.25) is 0 Å². The Morgan fingerprint density at radius 1 is 1.25 bits per heavy atom. The van der Waals surface area contributed by atoms with Crippen molar-refractivity contribution in [2.45, 2.75) is 25.5 Å². The lowest BCUT2D eigenvalue weighted by molar-refractivity contribution is -0.276. The number of halogens is 6. The van der Waals surface area contributed by atoms with Gasteiger partial charge in [-0.1, -0.05) is 0 Å². The highest BCUT2D eigenvalue weighted by Crippen LogP contribution is 2.34. The first-order valence-corrected chi connectivity index (χ1v) is 5.01. The van der Waals surface area contributed by atoms with E-state index in [0.29, 0.717) is 6.07 Å². The van der Waals surface area contributed by atoms with Gasteiger partial charge in [-0.25, -0.2) is 4.98 Å². The third-order valence-electron chi connectivity index (χ3n) is 2.16. The number of ether oxygens (including phenoxy) is 1. The van der Waals surface area contributed by atoms with Gasteiger partial charge < -0.3 is 10.5 Å². The van der Waals surface area contributed by atoms with Crippen LogP contribution < -0.4 is 10.5 Å². The van der Waals surface area contributed by atoms with Crippen LogP contribution in [0.5, 0.6) is 5.88 Å². The normalized spacial score (nSPS) is 12.1. The molecule has 1 aromatic heterocycles. The fraction of sp³-hybridized carbons (Fsp3) is 0.400.